The van der Waals surface area contributed by atoms with Crippen LogP contribution in [0.25, 0.3) is 0 Å². The average molecular weight is 308 g/mol. The van der Waals surface area contributed by atoms with Gasteiger partial charge < -0.3 is 5.73 Å². The van der Waals surface area contributed by atoms with E-state index in [0.717, 1.165) is 17.8 Å². The van der Waals surface area contributed by atoms with Crippen molar-refractivity contribution < 1.29 is 4.39 Å². The monoisotopic (exact) mass is 307 g/mol. The summed E-state index contributed by atoms with van der Waals surface area (Å²) in [5, 5.41) is 0.119. The molecule has 21 heavy (non-hydrogen) atoms. The summed E-state index contributed by atoms with van der Waals surface area (Å²) >= 11 is 5.80. The van der Waals surface area contributed by atoms with E-state index in [4.69, 9.17) is 17.3 Å². The zero-order valence-corrected chi connectivity index (χ0v) is 13.0. The Labute approximate surface area is 129 Å². The van der Waals surface area contributed by atoms with Crippen molar-refractivity contribution >= 4 is 11.6 Å². The lowest BCUT2D eigenvalue weighted by Gasteiger charge is -2.10. The maximum atomic E-state index is 13.9. The van der Waals surface area contributed by atoms with Crippen LogP contribution in [0.1, 0.15) is 36.1 Å². The molecule has 1 atom stereocenters. The quantitative estimate of drug-likeness (QED) is 0.920. The van der Waals surface area contributed by atoms with Crippen molar-refractivity contribution in [2.45, 2.75) is 39.2 Å². The highest BCUT2D eigenvalue weighted by Gasteiger charge is 2.11. The number of aromatic nitrogens is 2. The summed E-state index contributed by atoms with van der Waals surface area (Å²) in [7, 11) is 0. The molecule has 0 saturated carbocycles. The van der Waals surface area contributed by atoms with Gasteiger partial charge in [0.25, 0.3) is 0 Å². The highest BCUT2D eigenvalue weighted by molar-refractivity contribution is 6.30. The number of hydrogen-bond donors (Lipinski definition) is 1. The molecule has 0 fully saturated rings. The molecule has 0 aliphatic rings. The third-order valence-electron chi connectivity index (χ3n) is 3.33. The molecule has 3 nitrogen and oxygen atoms in total. The number of rotatable bonds is 5. The number of aryl methyl sites for hydroxylation is 1. The largest absolute Gasteiger partial charge is 0.327 e. The fourth-order valence-electron chi connectivity index (χ4n) is 2.15. The van der Waals surface area contributed by atoms with Gasteiger partial charge in [0.15, 0.2) is 0 Å². The number of halogens is 2. The molecule has 0 saturated heterocycles. The molecule has 0 spiro atoms. The van der Waals surface area contributed by atoms with E-state index in [1.807, 2.05) is 19.9 Å². The molecule has 0 radical (unpaired) electrons. The first-order chi connectivity index (χ1) is 9.99. The van der Waals surface area contributed by atoms with E-state index in [0.29, 0.717) is 24.2 Å². The van der Waals surface area contributed by atoms with Crippen molar-refractivity contribution in [1.29, 1.82) is 0 Å². The molecule has 112 valence electrons. The molecule has 1 aromatic carbocycles. The fourth-order valence-corrected chi connectivity index (χ4v) is 2.35. The van der Waals surface area contributed by atoms with E-state index in [1.54, 1.807) is 12.1 Å². The second-order valence-corrected chi connectivity index (χ2v) is 5.59. The smallest absolute Gasteiger partial charge is 0.145 e. The highest BCUT2D eigenvalue weighted by Crippen LogP contribution is 2.20. The van der Waals surface area contributed by atoms with Crippen LogP contribution in [-0.2, 0) is 12.8 Å². The Morgan fingerprint density at radius 2 is 2.10 bits per heavy atom. The first-order valence-corrected chi connectivity index (χ1v) is 7.39. The minimum Gasteiger partial charge on any atom is -0.327 e. The molecule has 1 aromatic heterocycles. The molecule has 0 amide bonds. The van der Waals surface area contributed by atoms with Crippen LogP contribution in [-0.4, -0.2) is 16.0 Å². The van der Waals surface area contributed by atoms with E-state index in [-0.39, 0.29) is 11.1 Å². The van der Waals surface area contributed by atoms with Crippen LogP contribution in [0.15, 0.2) is 24.3 Å². The van der Waals surface area contributed by atoms with E-state index in [9.17, 15) is 4.39 Å². The predicted octanol–water partition coefficient (Wildman–Crippen LogP) is 3.45. The predicted molar refractivity (Wildman–Crippen MR) is 83.0 cm³/mol. The van der Waals surface area contributed by atoms with Crippen molar-refractivity contribution in [3.63, 3.8) is 0 Å². The average Bonchev–Trinajstić information content (AvgIpc) is 2.43. The van der Waals surface area contributed by atoms with Gasteiger partial charge in [-0.3, -0.25) is 0 Å². The summed E-state index contributed by atoms with van der Waals surface area (Å²) in [6.45, 7) is 3.95. The lowest BCUT2D eigenvalue weighted by atomic mass is 10.1. The molecule has 0 bridgehead atoms. The minimum absolute atomic E-state index is 0.0788. The van der Waals surface area contributed by atoms with Crippen LogP contribution in [0.5, 0.6) is 0 Å². The summed E-state index contributed by atoms with van der Waals surface area (Å²) in [6, 6.07) is 6.96. The molecule has 1 unspecified atom stereocenters. The molecular formula is C16H19ClFN3. The maximum Gasteiger partial charge on any atom is 0.145 e. The zero-order valence-electron chi connectivity index (χ0n) is 12.2. The summed E-state index contributed by atoms with van der Waals surface area (Å²) in [5.74, 6) is 0.186. The minimum atomic E-state index is -0.406. The number of nitrogens with two attached hydrogens (primary N) is 1. The van der Waals surface area contributed by atoms with Crippen molar-refractivity contribution in [2.75, 3.05) is 0 Å². The molecule has 2 N–H and O–H groups in total. The molecule has 1 heterocycles. The van der Waals surface area contributed by atoms with Crippen LogP contribution < -0.4 is 5.73 Å². The third-order valence-corrected chi connectivity index (χ3v) is 3.62. The Hall–Kier alpha value is -1.52. The third kappa shape index (κ3) is 4.22. The second-order valence-electron chi connectivity index (χ2n) is 5.18. The highest BCUT2D eigenvalue weighted by atomic mass is 35.5. The Balaban J connectivity index is 2.25. The van der Waals surface area contributed by atoms with Crippen LogP contribution in [0.3, 0.4) is 0 Å². The molecule has 0 aliphatic heterocycles. The Bertz CT molecular complexity index is 631. The van der Waals surface area contributed by atoms with Gasteiger partial charge in [-0.1, -0.05) is 30.7 Å². The van der Waals surface area contributed by atoms with Gasteiger partial charge in [0.05, 0.1) is 5.02 Å². The number of hydrogen-bond acceptors (Lipinski definition) is 3. The van der Waals surface area contributed by atoms with Crippen LogP contribution >= 0.6 is 11.6 Å². The van der Waals surface area contributed by atoms with Gasteiger partial charge in [0.1, 0.15) is 11.6 Å². The molecular weight excluding hydrogens is 289 g/mol. The van der Waals surface area contributed by atoms with Gasteiger partial charge in [0, 0.05) is 30.3 Å². The van der Waals surface area contributed by atoms with Crippen LogP contribution in [0, 0.1) is 12.7 Å². The summed E-state index contributed by atoms with van der Waals surface area (Å²) in [6.07, 6.45) is 1.91. The first kappa shape index (κ1) is 15.9. The Morgan fingerprint density at radius 1 is 1.33 bits per heavy atom. The molecule has 5 heteroatoms. The van der Waals surface area contributed by atoms with Crippen LogP contribution in [0.4, 0.5) is 4.39 Å². The van der Waals surface area contributed by atoms with Crippen LogP contribution in [0.2, 0.25) is 5.02 Å². The fraction of sp³-hybridized carbons (Fsp3) is 0.375. The van der Waals surface area contributed by atoms with Crippen molar-refractivity contribution in [3.05, 3.63) is 57.9 Å². The lowest BCUT2D eigenvalue weighted by Crippen LogP contribution is -2.22. The number of benzene rings is 1. The Kier molecular flexibility index (Phi) is 5.26. The first-order valence-electron chi connectivity index (χ1n) is 7.01. The van der Waals surface area contributed by atoms with Gasteiger partial charge in [-0.25, -0.2) is 14.4 Å². The maximum absolute atomic E-state index is 13.9. The van der Waals surface area contributed by atoms with E-state index in [1.165, 1.54) is 6.07 Å². The summed E-state index contributed by atoms with van der Waals surface area (Å²) in [5.41, 5.74) is 8.22. The lowest BCUT2D eigenvalue weighted by molar-refractivity contribution is 0.610. The van der Waals surface area contributed by atoms with E-state index < -0.39 is 5.82 Å². The molecule has 2 rings (SSSR count). The molecule has 2 aromatic rings. The van der Waals surface area contributed by atoms with Gasteiger partial charge >= 0.3 is 0 Å². The SMILES string of the molecule is CCC(N)Cc1cc(C)nc(Cc2cccc(Cl)c2F)n1. The normalized spacial score (nSPS) is 12.4. The van der Waals surface area contributed by atoms with E-state index in [2.05, 4.69) is 9.97 Å². The van der Waals surface area contributed by atoms with Gasteiger partial charge in [0.2, 0.25) is 0 Å². The van der Waals surface area contributed by atoms with Crippen molar-refractivity contribution in [3.8, 4) is 0 Å². The summed E-state index contributed by atoms with van der Waals surface area (Å²) in [4.78, 5) is 8.86. The van der Waals surface area contributed by atoms with E-state index >= 15 is 0 Å². The number of nitrogens with zero attached hydrogens (tertiary/aromatic N) is 2. The molecule has 0 aliphatic carbocycles. The van der Waals surface area contributed by atoms with Crippen molar-refractivity contribution in [1.82, 2.24) is 9.97 Å². The Morgan fingerprint density at radius 3 is 2.81 bits per heavy atom. The van der Waals surface area contributed by atoms with Gasteiger partial charge in [-0.15, -0.1) is 0 Å². The van der Waals surface area contributed by atoms with Gasteiger partial charge in [-0.05, 0) is 31.0 Å². The second kappa shape index (κ2) is 6.96. The topological polar surface area (TPSA) is 51.8 Å². The summed E-state index contributed by atoms with van der Waals surface area (Å²) < 4.78 is 13.9. The van der Waals surface area contributed by atoms with Crippen molar-refractivity contribution in [2.24, 2.45) is 5.73 Å². The van der Waals surface area contributed by atoms with Gasteiger partial charge in [-0.2, -0.15) is 0 Å². The zero-order chi connectivity index (χ0) is 15.4. The standard InChI is InChI=1S/C16H19ClFN3/c1-3-12(19)9-13-7-10(2)20-15(21-13)8-11-5-4-6-14(17)16(11)18/h4-7,12H,3,8-9,19H2,1-2H3.